The van der Waals surface area contributed by atoms with E-state index >= 15 is 0 Å². The van der Waals surface area contributed by atoms with Crippen LogP contribution in [0.25, 0.3) is 0 Å². The first kappa shape index (κ1) is 13.9. The molecule has 0 bridgehead atoms. The van der Waals surface area contributed by atoms with Crippen LogP contribution in [0.2, 0.25) is 0 Å². The Labute approximate surface area is 101 Å². The number of halogens is 1. The summed E-state index contributed by atoms with van der Waals surface area (Å²) < 4.78 is 18.8. The Morgan fingerprint density at radius 3 is 2.53 bits per heavy atom. The molecule has 0 fully saturated rings. The minimum absolute atomic E-state index is 0.250. The molecule has 96 valence electrons. The first-order valence-corrected chi connectivity index (χ1v) is 5.62. The van der Waals surface area contributed by atoms with Gasteiger partial charge in [0, 0.05) is 18.1 Å². The van der Waals surface area contributed by atoms with Crippen molar-refractivity contribution in [2.24, 2.45) is 0 Å². The predicted molar refractivity (Wildman–Crippen MR) is 63.4 cm³/mol. The lowest BCUT2D eigenvalue weighted by Crippen LogP contribution is -2.21. The molecule has 17 heavy (non-hydrogen) atoms. The molecule has 0 amide bonds. The molecular formula is C13H19FO3. The first-order chi connectivity index (χ1) is 7.79. The molecule has 0 saturated heterocycles. The quantitative estimate of drug-likeness (QED) is 0.833. The normalized spacial score (nSPS) is 13.5. The van der Waals surface area contributed by atoms with Crippen molar-refractivity contribution in [1.82, 2.24) is 0 Å². The van der Waals surface area contributed by atoms with Crippen molar-refractivity contribution in [2.45, 2.75) is 38.9 Å². The lowest BCUT2D eigenvalue weighted by Gasteiger charge is -2.17. The van der Waals surface area contributed by atoms with Crippen molar-refractivity contribution in [2.75, 3.05) is 6.61 Å². The van der Waals surface area contributed by atoms with E-state index in [9.17, 15) is 14.6 Å². The molecule has 3 nitrogen and oxygen atoms in total. The zero-order valence-electron chi connectivity index (χ0n) is 10.4. The molecule has 0 unspecified atom stereocenters. The fourth-order valence-electron chi connectivity index (χ4n) is 1.36. The molecule has 0 radical (unpaired) electrons. The molecule has 0 saturated carbocycles. The van der Waals surface area contributed by atoms with Gasteiger partial charge in [0.25, 0.3) is 0 Å². The second kappa shape index (κ2) is 5.47. The summed E-state index contributed by atoms with van der Waals surface area (Å²) in [6.45, 7) is 5.20. The third-order valence-corrected chi connectivity index (χ3v) is 2.40. The molecule has 1 aromatic rings. The summed E-state index contributed by atoms with van der Waals surface area (Å²) in [4.78, 5) is 0. The number of rotatable bonds is 5. The van der Waals surface area contributed by atoms with Crippen molar-refractivity contribution in [1.29, 1.82) is 0 Å². The molecule has 4 heteroatoms. The molecule has 0 aliphatic heterocycles. The van der Waals surface area contributed by atoms with Crippen molar-refractivity contribution >= 4 is 0 Å². The van der Waals surface area contributed by atoms with Gasteiger partial charge >= 0.3 is 0 Å². The molecule has 0 aliphatic rings. The van der Waals surface area contributed by atoms with Crippen LogP contribution < -0.4 is 4.74 Å². The minimum atomic E-state index is -0.833. The smallest absolute Gasteiger partial charge is 0.132 e. The van der Waals surface area contributed by atoms with E-state index < -0.39 is 17.5 Å². The fraction of sp³-hybridized carbons (Fsp3) is 0.538. The van der Waals surface area contributed by atoms with Gasteiger partial charge in [0.1, 0.15) is 11.6 Å². The van der Waals surface area contributed by atoms with E-state index in [0.29, 0.717) is 18.8 Å². The van der Waals surface area contributed by atoms with Crippen LogP contribution >= 0.6 is 0 Å². The zero-order chi connectivity index (χ0) is 13.1. The molecule has 0 aliphatic carbocycles. The molecule has 1 aromatic carbocycles. The highest BCUT2D eigenvalue weighted by molar-refractivity contribution is 5.29. The number of aliphatic hydroxyl groups excluding tert-OH is 1. The van der Waals surface area contributed by atoms with Crippen LogP contribution in [-0.4, -0.2) is 22.4 Å². The summed E-state index contributed by atoms with van der Waals surface area (Å²) in [6.07, 6.45) is -0.368. The maximum Gasteiger partial charge on any atom is 0.132 e. The van der Waals surface area contributed by atoms with Crippen LogP contribution in [0.4, 0.5) is 4.39 Å². The second-order valence-corrected chi connectivity index (χ2v) is 4.77. The number of hydrogen-bond acceptors (Lipinski definition) is 3. The minimum Gasteiger partial charge on any atom is -0.493 e. The Bertz CT molecular complexity index is 369. The van der Waals surface area contributed by atoms with Gasteiger partial charge in [-0.25, -0.2) is 4.39 Å². The van der Waals surface area contributed by atoms with Gasteiger partial charge in [-0.1, -0.05) is 0 Å². The van der Waals surface area contributed by atoms with Crippen molar-refractivity contribution < 1.29 is 19.3 Å². The van der Waals surface area contributed by atoms with E-state index in [0.717, 1.165) is 0 Å². The Hall–Kier alpha value is -1.13. The van der Waals surface area contributed by atoms with E-state index in [-0.39, 0.29) is 5.56 Å². The van der Waals surface area contributed by atoms with Gasteiger partial charge in [-0.05, 0) is 32.9 Å². The lowest BCUT2D eigenvalue weighted by atomic mass is 10.1. The highest BCUT2D eigenvalue weighted by Gasteiger charge is 2.13. The molecular weight excluding hydrogens is 223 g/mol. The highest BCUT2D eigenvalue weighted by Crippen LogP contribution is 2.22. The monoisotopic (exact) mass is 242 g/mol. The molecule has 1 rings (SSSR count). The van der Waals surface area contributed by atoms with E-state index in [1.54, 1.807) is 19.9 Å². The first-order valence-electron chi connectivity index (χ1n) is 5.62. The predicted octanol–water partition coefficient (Wildman–Crippen LogP) is 2.42. The van der Waals surface area contributed by atoms with Crippen molar-refractivity contribution in [3.63, 3.8) is 0 Å². The standard InChI is InChI=1S/C13H19FO3/c1-9(15)11-5-4-10(8-12(11)14)17-7-6-13(2,3)16/h4-5,8-9,15-16H,6-7H2,1-3H3/t9-/m0/s1. The summed E-state index contributed by atoms with van der Waals surface area (Å²) in [6, 6.07) is 4.35. The van der Waals surface area contributed by atoms with Crippen LogP contribution in [-0.2, 0) is 0 Å². The average molecular weight is 242 g/mol. The lowest BCUT2D eigenvalue weighted by molar-refractivity contribution is 0.0553. The molecule has 2 N–H and O–H groups in total. The van der Waals surface area contributed by atoms with Gasteiger partial charge in [-0.3, -0.25) is 0 Å². The van der Waals surface area contributed by atoms with Gasteiger partial charge < -0.3 is 14.9 Å². The van der Waals surface area contributed by atoms with Gasteiger partial charge in [0.05, 0.1) is 18.3 Å². The van der Waals surface area contributed by atoms with Gasteiger partial charge in [-0.15, -0.1) is 0 Å². The van der Waals surface area contributed by atoms with Gasteiger partial charge in [0.2, 0.25) is 0 Å². The zero-order valence-corrected chi connectivity index (χ0v) is 10.4. The second-order valence-electron chi connectivity index (χ2n) is 4.77. The maximum atomic E-state index is 13.5. The summed E-state index contributed by atoms with van der Waals surface area (Å²) in [5.74, 6) is -0.0862. The SMILES string of the molecule is C[C@H](O)c1ccc(OCCC(C)(C)O)cc1F. The largest absolute Gasteiger partial charge is 0.493 e. The molecule has 0 heterocycles. The van der Waals surface area contributed by atoms with Crippen LogP contribution in [0, 0.1) is 5.82 Å². The number of hydrogen-bond donors (Lipinski definition) is 2. The molecule has 0 spiro atoms. The van der Waals surface area contributed by atoms with E-state index in [2.05, 4.69) is 0 Å². The van der Waals surface area contributed by atoms with Gasteiger partial charge in [0.15, 0.2) is 0 Å². The van der Waals surface area contributed by atoms with E-state index in [1.165, 1.54) is 19.1 Å². The van der Waals surface area contributed by atoms with Crippen molar-refractivity contribution in [3.8, 4) is 5.75 Å². The summed E-state index contributed by atoms with van der Waals surface area (Å²) >= 11 is 0. The topological polar surface area (TPSA) is 49.7 Å². The third-order valence-electron chi connectivity index (χ3n) is 2.40. The highest BCUT2D eigenvalue weighted by atomic mass is 19.1. The summed E-state index contributed by atoms with van der Waals surface area (Å²) in [7, 11) is 0. The van der Waals surface area contributed by atoms with Crippen LogP contribution in [0.1, 0.15) is 38.9 Å². The van der Waals surface area contributed by atoms with Crippen LogP contribution in [0.3, 0.4) is 0 Å². The average Bonchev–Trinajstić information content (AvgIpc) is 2.15. The van der Waals surface area contributed by atoms with Gasteiger partial charge in [-0.2, -0.15) is 0 Å². The number of aliphatic hydroxyl groups is 2. The molecule has 0 aromatic heterocycles. The number of benzene rings is 1. The summed E-state index contributed by atoms with van der Waals surface area (Å²) in [5, 5.41) is 18.7. The maximum absolute atomic E-state index is 13.5. The Morgan fingerprint density at radius 1 is 1.41 bits per heavy atom. The molecule has 1 atom stereocenters. The number of ether oxygens (including phenoxy) is 1. The van der Waals surface area contributed by atoms with Crippen molar-refractivity contribution in [3.05, 3.63) is 29.6 Å². The Kier molecular flexibility index (Phi) is 4.48. The van der Waals surface area contributed by atoms with Crippen LogP contribution in [0.15, 0.2) is 18.2 Å². The van der Waals surface area contributed by atoms with E-state index in [4.69, 9.17) is 4.74 Å². The summed E-state index contributed by atoms with van der Waals surface area (Å²) in [5.41, 5.74) is -0.544. The fourth-order valence-corrected chi connectivity index (χ4v) is 1.36. The Morgan fingerprint density at radius 2 is 2.06 bits per heavy atom. The Balaban J connectivity index is 2.59. The van der Waals surface area contributed by atoms with Crippen LogP contribution in [0.5, 0.6) is 5.75 Å². The third kappa shape index (κ3) is 4.71. The van der Waals surface area contributed by atoms with E-state index in [1.807, 2.05) is 0 Å².